The summed E-state index contributed by atoms with van der Waals surface area (Å²) in [6, 6.07) is 15.6. The maximum Gasteiger partial charge on any atom is 0.122 e. The summed E-state index contributed by atoms with van der Waals surface area (Å²) in [5.41, 5.74) is 5.60. The van der Waals surface area contributed by atoms with E-state index in [1.807, 2.05) is 13.2 Å². The van der Waals surface area contributed by atoms with E-state index in [4.69, 9.17) is 4.74 Å². The van der Waals surface area contributed by atoms with Crippen LogP contribution in [-0.2, 0) is 5.41 Å². The summed E-state index contributed by atoms with van der Waals surface area (Å²) < 4.78 is 5.85. The van der Waals surface area contributed by atoms with Crippen molar-refractivity contribution < 1.29 is 4.74 Å². The van der Waals surface area contributed by atoms with Gasteiger partial charge in [-0.2, -0.15) is 0 Å². The van der Waals surface area contributed by atoms with Crippen molar-refractivity contribution in [3.63, 3.8) is 0 Å². The van der Waals surface area contributed by atoms with Gasteiger partial charge in [-0.25, -0.2) is 0 Å². The Labute approximate surface area is 157 Å². The molecule has 1 nitrogen and oxygen atoms in total. The molecule has 134 valence electrons. The first-order chi connectivity index (χ1) is 12.7. The van der Waals surface area contributed by atoms with E-state index in [2.05, 4.69) is 49.0 Å². The topological polar surface area (TPSA) is 9.23 Å². The summed E-state index contributed by atoms with van der Waals surface area (Å²) in [5.74, 6) is 3.93. The van der Waals surface area contributed by atoms with Gasteiger partial charge in [0, 0.05) is 5.56 Å². The number of benzene rings is 2. The summed E-state index contributed by atoms with van der Waals surface area (Å²) in [5, 5.41) is 0. The van der Waals surface area contributed by atoms with Crippen LogP contribution in [0.1, 0.15) is 49.7 Å². The molecule has 4 aliphatic rings. The lowest BCUT2D eigenvalue weighted by atomic mass is 9.48. The van der Waals surface area contributed by atoms with Crippen molar-refractivity contribution in [3.8, 4) is 16.9 Å². The molecule has 0 unspecified atom stereocenters. The van der Waals surface area contributed by atoms with Gasteiger partial charge in [0.2, 0.25) is 0 Å². The predicted molar refractivity (Wildman–Crippen MR) is 108 cm³/mol. The second-order valence-corrected chi connectivity index (χ2v) is 8.94. The molecule has 0 spiro atoms. The molecule has 6 rings (SSSR count). The fourth-order valence-electron chi connectivity index (χ4n) is 6.55. The van der Waals surface area contributed by atoms with Crippen molar-refractivity contribution in [2.24, 2.45) is 17.8 Å². The van der Waals surface area contributed by atoms with Crippen LogP contribution >= 0.6 is 0 Å². The molecule has 0 heterocycles. The maximum absolute atomic E-state index is 5.85. The quantitative estimate of drug-likeness (QED) is 0.617. The normalized spacial score (nSPS) is 31.8. The zero-order chi connectivity index (χ0) is 17.7. The molecule has 26 heavy (non-hydrogen) atoms. The minimum absolute atomic E-state index is 0.358. The molecule has 4 saturated carbocycles. The van der Waals surface area contributed by atoms with Gasteiger partial charge in [0.25, 0.3) is 0 Å². The monoisotopic (exact) mass is 344 g/mol. The summed E-state index contributed by atoms with van der Waals surface area (Å²) in [4.78, 5) is 0. The van der Waals surface area contributed by atoms with Crippen LogP contribution in [-0.4, -0.2) is 7.11 Å². The Bertz CT molecular complexity index is 794. The molecular formula is C25H28O. The number of rotatable bonds is 4. The highest BCUT2D eigenvalue weighted by molar-refractivity contribution is 5.68. The fraction of sp³-hybridized carbons (Fsp3) is 0.440. The van der Waals surface area contributed by atoms with E-state index < -0.39 is 0 Å². The SMILES string of the molecule is C=Cc1ccc(-c2ccc(OC)c(C34CC5CC(CC(C5)C3)C4)c2)cc1. The van der Waals surface area contributed by atoms with Crippen LogP contribution in [0.5, 0.6) is 5.75 Å². The Kier molecular flexibility index (Phi) is 3.74. The van der Waals surface area contributed by atoms with Crippen molar-refractivity contribution >= 4 is 6.08 Å². The van der Waals surface area contributed by atoms with Crippen molar-refractivity contribution in [1.82, 2.24) is 0 Å². The predicted octanol–water partition coefficient (Wildman–Crippen LogP) is 6.47. The molecular weight excluding hydrogens is 316 g/mol. The molecule has 0 atom stereocenters. The molecule has 2 aromatic rings. The summed E-state index contributed by atoms with van der Waals surface area (Å²) >= 11 is 0. The van der Waals surface area contributed by atoms with Gasteiger partial charge in [-0.15, -0.1) is 0 Å². The van der Waals surface area contributed by atoms with E-state index in [9.17, 15) is 0 Å². The summed E-state index contributed by atoms with van der Waals surface area (Å²) in [7, 11) is 1.83. The highest BCUT2D eigenvalue weighted by atomic mass is 16.5. The van der Waals surface area contributed by atoms with Gasteiger partial charge in [-0.3, -0.25) is 0 Å². The van der Waals surface area contributed by atoms with Gasteiger partial charge >= 0.3 is 0 Å². The average Bonchev–Trinajstić information content (AvgIpc) is 2.66. The Morgan fingerprint density at radius 2 is 1.46 bits per heavy atom. The molecule has 4 aliphatic carbocycles. The van der Waals surface area contributed by atoms with Crippen LogP contribution in [0.4, 0.5) is 0 Å². The Hall–Kier alpha value is -2.02. The van der Waals surface area contributed by atoms with Crippen LogP contribution < -0.4 is 4.74 Å². The van der Waals surface area contributed by atoms with Crippen LogP contribution in [0.3, 0.4) is 0 Å². The van der Waals surface area contributed by atoms with Crippen molar-refractivity contribution in [3.05, 3.63) is 60.2 Å². The minimum Gasteiger partial charge on any atom is -0.496 e. The van der Waals surface area contributed by atoms with Crippen molar-refractivity contribution in [1.29, 1.82) is 0 Å². The third-order valence-corrected chi connectivity index (χ3v) is 7.29. The molecule has 1 heteroatoms. The molecule has 0 radical (unpaired) electrons. The number of hydrogen-bond donors (Lipinski definition) is 0. The van der Waals surface area contributed by atoms with Gasteiger partial charge < -0.3 is 4.74 Å². The molecule has 0 aromatic heterocycles. The molecule has 0 N–H and O–H groups in total. The molecule has 0 amide bonds. The lowest BCUT2D eigenvalue weighted by Crippen LogP contribution is -2.48. The van der Waals surface area contributed by atoms with Gasteiger partial charge in [0.05, 0.1) is 7.11 Å². The molecule has 4 bridgehead atoms. The Balaban J connectivity index is 1.58. The van der Waals surface area contributed by atoms with Gasteiger partial charge in [-0.05, 0) is 90.5 Å². The zero-order valence-corrected chi connectivity index (χ0v) is 15.7. The number of methoxy groups -OCH3 is 1. The van der Waals surface area contributed by atoms with Crippen molar-refractivity contribution in [2.45, 2.75) is 43.9 Å². The van der Waals surface area contributed by atoms with Gasteiger partial charge in [0.15, 0.2) is 0 Å². The highest BCUT2D eigenvalue weighted by Crippen LogP contribution is 2.62. The van der Waals surface area contributed by atoms with Crippen LogP contribution in [0.2, 0.25) is 0 Å². The summed E-state index contributed by atoms with van der Waals surface area (Å²) in [6.45, 7) is 3.86. The zero-order valence-electron chi connectivity index (χ0n) is 15.7. The fourth-order valence-corrected chi connectivity index (χ4v) is 6.55. The largest absolute Gasteiger partial charge is 0.496 e. The first-order valence-electron chi connectivity index (χ1n) is 10.1. The Morgan fingerprint density at radius 1 is 0.885 bits per heavy atom. The third-order valence-electron chi connectivity index (χ3n) is 7.29. The lowest BCUT2D eigenvalue weighted by molar-refractivity contribution is -0.00613. The van der Waals surface area contributed by atoms with E-state index in [0.717, 1.165) is 23.5 Å². The minimum atomic E-state index is 0.358. The first-order valence-corrected chi connectivity index (χ1v) is 10.1. The smallest absolute Gasteiger partial charge is 0.122 e. The van der Waals surface area contributed by atoms with E-state index in [1.54, 1.807) is 0 Å². The van der Waals surface area contributed by atoms with Crippen molar-refractivity contribution in [2.75, 3.05) is 7.11 Å². The first kappa shape index (κ1) is 16.2. The average molecular weight is 344 g/mol. The van der Waals surface area contributed by atoms with Gasteiger partial charge in [0.1, 0.15) is 5.75 Å². The molecule has 2 aromatic carbocycles. The van der Waals surface area contributed by atoms with Crippen LogP contribution in [0, 0.1) is 17.8 Å². The van der Waals surface area contributed by atoms with E-state index in [1.165, 1.54) is 60.8 Å². The lowest BCUT2D eigenvalue weighted by Gasteiger charge is -2.57. The third kappa shape index (κ3) is 2.52. The molecule has 0 aliphatic heterocycles. The molecule has 0 saturated heterocycles. The molecule has 4 fully saturated rings. The Morgan fingerprint density at radius 3 is 2.00 bits per heavy atom. The van der Waals surface area contributed by atoms with E-state index in [0.29, 0.717) is 5.41 Å². The number of hydrogen-bond acceptors (Lipinski definition) is 1. The van der Waals surface area contributed by atoms with E-state index >= 15 is 0 Å². The second-order valence-electron chi connectivity index (χ2n) is 8.94. The van der Waals surface area contributed by atoms with Gasteiger partial charge in [-0.1, -0.05) is 43.0 Å². The second kappa shape index (κ2) is 6.01. The van der Waals surface area contributed by atoms with Crippen LogP contribution in [0.25, 0.3) is 17.2 Å². The summed E-state index contributed by atoms with van der Waals surface area (Å²) in [6.07, 6.45) is 10.4. The standard InChI is InChI=1S/C25H28O/c1-3-17-4-6-21(7-5-17)22-8-9-24(26-2)23(13-22)25-14-18-10-19(15-25)12-20(11-18)16-25/h3-9,13,18-20H,1,10-12,14-16H2,2H3. The number of ether oxygens (including phenoxy) is 1. The highest BCUT2D eigenvalue weighted by Gasteiger charge is 2.52. The maximum atomic E-state index is 5.85. The van der Waals surface area contributed by atoms with E-state index in [-0.39, 0.29) is 0 Å². The van der Waals surface area contributed by atoms with Crippen LogP contribution in [0.15, 0.2) is 49.0 Å².